The summed E-state index contributed by atoms with van der Waals surface area (Å²) >= 11 is 6.44. The number of hydrogen-bond acceptors (Lipinski definition) is 6. The lowest BCUT2D eigenvalue weighted by Crippen LogP contribution is -2.32. The lowest BCUT2D eigenvalue weighted by molar-refractivity contribution is -0.274. The molecule has 34 heavy (non-hydrogen) atoms. The summed E-state index contributed by atoms with van der Waals surface area (Å²) in [5.74, 6) is -0.273. The first kappa shape index (κ1) is 22.1. The lowest BCUT2D eigenvalue weighted by atomic mass is 10.0. The molecule has 4 aromatic rings. The van der Waals surface area contributed by atoms with E-state index in [1.54, 1.807) is 37.1 Å². The molecular formula is C22H17ClF3N5O3. The molecule has 2 aromatic heterocycles. The summed E-state index contributed by atoms with van der Waals surface area (Å²) in [6.07, 6.45) is -3.21. The summed E-state index contributed by atoms with van der Waals surface area (Å²) in [7, 11) is 3.33. The van der Waals surface area contributed by atoms with Gasteiger partial charge in [-0.1, -0.05) is 11.6 Å². The second kappa shape index (κ2) is 7.66. The van der Waals surface area contributed by atoms with Gasteiger partial charge >= 0.3 is 6.36 Å². The van der Waals surface area contributed by atoms with Crippen LogP contribution in [0, 0.1) is 0 Å². The third kappa shape index (κ3) is 3.61. The molecule has 1 amide bonds. The van der Waals surface area contributed by atoms with Gasteiger partial charge in [-0.15, -0.1) is 13.2 Å². The number of aromatic nitrogens is 3. The zero-order valence-corrected chi connectivity index (χ0v) is 18.6. The molecule has 1 atom stereocenters. The molecule has 1 aliphatic heterocycles. The zero-order valence-electron chi connectivity index (χ0n) is 17.9. The number of rotatable bonds is 3. The number of anilines is 1. The van der Waals surface area contributed by atoms with Crippen LogP contribution < -0.4 is 15.2 Å². The van der Waals surface area contributed by atoms with E-state index in [0.717, 1.165) is 6.07 Å². The van der Waals surface area contributed by atoms with E-state index < -0.39 is 24.1 Å². The number of amides is 1. The molecule has 0 radical (unpaired) electrons. The van der Waals surface area contributed by atoms with E-state index in [0.29, 0.717) is 33.2 Å². The highest BCUT2D eigenvalue weighted by Gasteiger charge is 2.35. The number of alkyl halides is 3. The van der Waals surface area contributed by atoms with Crippen molar-refractivity contribution in [2.24, 2.45) is 7.05 Å². The Bertz CT molecular complexity index is 1470. The quantitative estimate of drug-likeness (QED) is 0.454. The summed E-state index contributed by atoms with van der Waals surface area (Å²) in [5, 5.41) is 5.72. The van der Waals surface area contributed by atoms with Crippen molar-refractivity contribution < 1.29 is 27.4 Å². The molecule has 0 spiro atoms. The summed E-state index contributed by atoms with van der Waals surface area (Å²) in [5.41, 5.74) is 8.06. The van der Waals surface area contributed by atoms with Crippen LogP contribution in [0.2, 0.25) is 5.02 Å². The number of ether oxygens (including phenoxy) is 2. The van der Waals surface area contributed by atoms with Crippen LogP contribution in [0.5, 0.6) is 11.5 Å². The average molecular weight is 492 g/mol. The fourth-order valence-corrected chi connectivity index (χ4v) is 4.40. The van der Waals surface area contributed by atoms with E-state index in [4.69, 9.17) is 22.1 Å². The number of aryl methyl sites for hydroxylation is 1. The van der Waals surface area contributed by atoms with E-state index in [1.807, 2.05) is 0 Å². The second-order valence-corrected chi connectivity index (χ2v) is 8.27. The first-order valence-corrected chi connectivity index (χ1v) is 10.4. The fraction of sp³-hybridized carbons (Fsp3) is 0.227. The molecule has 3 heterocycles. The minimum absolute atomic E-state index is 0.0717. The normalized spacial score (nSPS) is 15.4. The van der Waals surface area contributed by atoms with Crippen molar-refractivity contribution in [1.29, 1.82) is 0 Å². The zero-order chi connectivity index (χ0) is 24.4. The first-order valence-electron chi connectivity index (χ1n) is 10.0. The van der Waals surface area contributed by atoms with Crippen LogP contribution in [-0.2, 0) is 7.05 Å². The minimum atomic E-state index is -4.81. The molecule has 0 bridgehead atoms. The van der Waals surface area contributed by atoms with Crippen LogP contribution in [0.15, 0.2) is 36.5 Å². The molecule has 5 rings (SSSR count). The Morgan fingerprint density at radius 1 is 1.29 bits per heavy atom. The van der Waals surface area contributed by atoms with Gasteiger partial charge in [-0.2, -0.15) is 5.10 Å². The van der Waals surface area contributed by atoms with Gasteiger partial charge in [-0.05, 0) is 24.3 Å². The van der Waals surface area contributed by atoms with E-state index in [-0.39, 0.29) is 22.9 Å². The van der Waals surface area contributed by atoms with Crippen molar-refractivity contribution in [2.75, 3.05) is 19.4 Å². The Labute approximate surface area is 195 Å². The first-order chi connectivity index (χ1) is 16.0. The maximum atomic E-state index is 13.4. The van der Waals surface area contributed by atoms with Crippen LogP contribution in [0.1, 0.15) is 22.0 Å². The number of carbonyl (C=O) groups is 1. The summed E-state index contributed by atoms with van der Waals surface area (Å²) in [4.78, 5) is 19.2. The number of halogens is 4. The number of nitrogens with two attached hydrogens (primary N) is 1. The van der Waals surface area contributed by atoms with E-state index in [9.17, 15) is 18.0 Å². The van der Waals surface area contributed by atoms with E-state index in [1.165, 1.54) is 17.0 Å². The van der Waals surface area contributed by atoms with E-state index >= 15 is 0 Å². The number of fused-ring (bicyclic) bond motifs is 4. The van der Waals surface area contributed by atoms with Gasteiger partial charge in [-0.3, -0.25) is 9.48 Å². The Kier molecular flexibility index (Phi) is 4.97. The number of pyridine rings is 1. The molecule has 0 saturated heterocycles. The largest absolute Gasteiger partial charge is 0.573 e. The smallest absolute Gasteiger partial charge is 0.491 e. The molecule has 176 valence electrons. The molecule has 12 heteroatoms. The third-order valence-corrected chi connectivity index (χ3v) is 6.10. The van der Waals surface area contributed by atoms with Crippen LogP contribution in [0.3, 0.4) is 0 Å². The monoisotopic (exact) mass is 491 g/mol. The molecule has 2 N–H and O–H groups in total. The minimum Gasteiger partial charge on any atom is -0.491 e. The van der Waals surface area contributed by atoms with Gasteiger partial charge in [0.05, 0.1) is 39.2 Å². The van der Waals surface area contributed by atoms with Gasteiger partial charge in [0.1, 0.15) is 23.9 Å². The predicted octanol–water partition coefficient (Wildman–Crippen LogP) is 4.46. The van der Waals surface area contributed by atoms with Crippen LogP contribution in [0.4, 0.5) is 19.0 Å². The lowest BCUT2D eigenvalue weighted by Gasteiger charge is -2.24. The number of nitrogen functional groups attached to an aromatic ring is 1. The Morgan fingerprint density at radius 3 is 2.79 bits per heavy atom. The van der Waals surface area contributed by atoms with Crippen molar-refractivity contribution in [3.63, 3.8) is 0 Å². The van der Waals surface area contributed by atoms with Gasteiger partial charge in [-0.25, -0.2) is 4.98 Å². The standard InChI is InChI=1S/C22H17ClF3N5O3/c1-30(17-9-33-18-5-10(3-4-11(17)18)34-22(24,25)26)21(32)12-6-13-16(7-15(12)23)29-20(27)14-8-28-31(2)19(13)14/h3-8,17H,9H2,1-2H3,(H2,27,29)/t17-/m1/s1. The van der Waals surface area contributed by atoms with Gasteiger partial charge in [0.2, 0.25) is 0 Å². The van der Waals surface area contributed by atoms with Gasteiger partial charge in [0, 0.05) is 31.1 Å². The molecule has 0 unspecified atom stereocenters. The van der Waals surface area contributed by atoms with Gasteiger partial charge in [0.15, 0.2) is 0 Å². The highest BCUT2D eigenvalue weighted by molar-refractivity contribution is 6.35. The number of hydrogen-bond donors (Lipinski definition) is 1. The van der Waals surface area contributed by atoms with Crippen LogP contribution in [0.25, 0.3) is 21.8 Å². The second-order valence-electron chi connectivity index (χ2n) is 7.87. The van der Waals surface area contributed by atoms with Gasteiger partial charge in [0.25, 0.3) is 5.91 Å². The van der Waals surface area contributed by atoms with Crippen molar-refractivity contribution in [3.05, 3.63) is 52.7 Å². The molecule has 0 aliphatic carbocycles. The average Bonchev–Trinajstić information content (AvgIpc) is 3.35. The van der Waals surface area contributed by atoms with Crippen LogP contribution in [-0.4, -0.2) is 45.6 Å². The maximum absolute atomic E-state index is 13.4. The molecule has 0 saturated carbocycles. The summed E-state index contributed by atoms with van der Waals surface area (Å²) < 4.78 is 48.7. The maximum Gasteiger partial charge on any atom is 0.573 e. The topological polar surface area (TPSA) is 95.5 Å². The SMILES string of the molecule is CN(C(=O)c1cc2c(cc1Cl)nc(N)c1cnn(C)c12)[C@@H]1COc2cc(OC(F)(F)F)ccc21. The predicted molar refractivity (Wildman–Crippen MR) is 119 cm³/mol. The summed E-state index contributed by atoms with van der Waals surface area (Å²) in [6, 6.07) is 6.47. The number of likely N-dealkylation sites (N-methyl/N-ethyl adjacent to an activating group) is 1. The number of benzene rings is 2. The Morgan fingerprint density at radius 2 is 2.06 bits per heavy atom. The highest BCUT2D eigenvalue weighted by Crippen LogP contribution is 2.40. The third-order valence-electron chi connectivity index (χ3n) is 5.79. The van der Waals surface area contributed by atoms with Gasteiger partial charge < -0.3 is 20.1 Å². The molecule has 8 nitrogen and oxygen atoms in total. The molecule has 1 aliphatic rings. The van der Waals surface area contributed by atoms with Crippen molar-refractivity contribution in [2.45, 2.75) is 12.4 Å². The summed E-state index contributed by atoms with van der Waals surface area (Å²) in [6.45, 7) is 0.0717. The molecule has 2 aromatic carbocycles. The number of nitrogens with zero attached hydrogens (tertiary/aromatic N) is 4. The molecular weight excluding hydrogens is 475 g/mol. The van der Waals surface area contributed by atoms with Crippen LogP contribution >= 0.6 is 11.6 Å². The Hall–Kier alpha value is -3.73. The van der Waals surface area contributed by atoms with E-state index in [2.05, 4.69) is 14.8 Å². The Balaban J connectivity index is 1.50. The van der Waals surface area contributed by atoms with Crippen molar-refractivity contribution in [1.82, 2.24) is 19.7 Å². The number of carbonyl (C=O) groups excluding carboxylic acids is 1. The van der Waals surface area contributed by atoms with Crippen molar-refractivity contribution in [3.8, 4) is 11.5 Å². The molecule has 0 fully saturated rings. The fourth-order valence-electron chi connectivity index (χ4n) is 4.17. The highest BCUT2D eigenvalue weighted by atomic mass is 35.5. The van der Waals surface area contributed by atoms with Crippen molar-refractivity contribution >= 4 is 45.1 Å².